The zero-order valence-corrected chi connectivity index (χ0v) is 20.8. The molecule has 1 aliphatic carbocycles. The molecule has 1 aliphatic heterocycles. The third kappa shape index (κ3) is 4.16. The molecule has 5 heterocycles. The molecule has 7 rings (SSSR count). The molecule has 5 aromatic rings. The Morgan fingerprint density at radius 2 is 2.00 bits per heavy atom. The van der Waals surface area contributed by atoms with Gasteiger partial charge in [-0.05, 0) is 36.6 Å². The number of ether oxygens (including phenoxy) is 1. The molecule has 1 fully saturated rings. The van der Waals surface area contributed by atoms with Gasteiger partial charge in [0.25, 0.3) is 0 Å². The molecular weight excluding hydrogens is 511 g/mol. The Labute approximate surface area is 220 Å². The second kappa shape index (κ2) is 8.79. The van der Waals surface area contributed by atoms with E-state index < -0.39 is 11.9 Å². The molecule has 9 nitrogen and oxygen atoms in total. The first-order valence-electron chi connectivity index (χ1n) is 12.5. The van der Waals surface area contributed by atoms with Crippen LogP contribution in [0.15, 0.2) is 47.4 Å². The Morgan fingerprint density at radius 3 is 2.79 bits per heavy atom. The van der Waals surface area contributed by atoms with Crippen LogP contribution in [0.2, 0.25) is 0 Å². The van der Waals surface area contributed by atoms with Gasteiger partial charge in [-0.2, -0.15) is 13.2 Å². The lowest BCUT2D eigenvalue weighted by Crippen LogP contribution is -2.08. The number of aromatic nitrogens is 6. The molecular formula is C27H22F3N7O2. The van der Waals surface area contributed by atoms with Gasteiger partial charge < -0.3 is 19.0 Å². The van der Waals surface area contributed by atoms with Crippen molar-refractivity contribution in [2.75, 3.05) is 19.0 Å². The Kier molecular flexibility index (Phi) is 5.32. The first-order valence-corrected chi connectivity index (χ1v) is 12.5. The number of methoxy groups -OCH3 is 1. The van der Waals surface area contributed by atoms with Crippen LogP contribution < -0.4 is 10.1 Å². The van der Waals surface area contributed by atoms with Crippen LogP contribution >= 0.6 is 0 Å². The van der Waals surface area contributed by atoms with Crippen LogP contribution in [0, 0.1) is 0 Å². The molecule has 0 bridgehead atoms. The molecule has 0 saturated heterocycles. The van der Waals surface area contributed by atoms with Crippen molar-refractivity contribution in [2.24, 2.45) is 0 Å². The smallest absolute Gasteiger partial charge is 0.434 e. The number of pyridine rings is 1. The number of rotatable bonds is 5. The lowest BCUT2D eigenvalue weighted by Gasteiger charge is -2.10. The standard InChI is InChI=1S/C27H22F3N7O2/c1-38-25-21(22(15-3-4-15)33-13-34-25)26-35-17-6-7-31-19(23(17)39-26)11-14-2-5-16-18(10-14)32-8-9-37-12-20(27(28,29)30)36-24(16)37/h2,5-7,10,12-13,15,32H,3-4,8-9,11H2,1H3. The molecule has 1 N–H and O–H groups in total. The summed E-state index contributed by atoms with van der Waals surface area (Å²) in [7, 11) is 1.56. The largest absolute Gasteiger partial charge is 0.480 e. The van der Waals surface area contributed by atoms with E-state index >= 15 is 0 Å². The van der Waals surface area contributed by atoms with Crippen LogP contribution in [-0.4, -0.2) is 43.1 Å². The maximum Gasteiger partial charge on any atom is 0.434 e. The Balaban J connectivity index is 1.25. The third-order valence-corrected chi connectivity index (χ3v) is 7.02. The molecule has 0 atom stereocenters. The number of hydrogen-bond donors (Lipinski definition) is 1. The molecule has 4 aromatic heterocycles. The summed E-state index contributed by atoms with van der Waals surface area (Å²) >= 11 is 0. The Hall–Kier alpha value is -4.48. The van der Waals surface area contributed by atoms with Crippen molar-refractivity contribution in [3.63, 3.8) is 0 Å². The summed E-state index contributed by atoms with van der Waals surface area (Å²) in [6.45, 7) is 0.848. The molecule has 1 aromatic carbocycles. The van der Waals surface area contributed by atoms with Gasteiger partial charge in [0.05, 0.1) is 18.5 Å². The predicted molar refractivity (Wildman–Crippen MR) is 135 cm³/mol. The summed E-state index contributed by atoms with van der Waals surface area (Å²) in [4.78, 5) is 21.9. The number of oxazole rings is 1. The molecule has 198 valence electrons. The van der Waals surface area contributed by atoms with E-state index in [1.54, 1.807) is 25.4 Å². The number of halogens is 3. The van der Waals surface area contributed by atoms with Gasteiger partial charge in [-0.15, -0.1) is 0 Å². The summed E-state index contributed by atoms with van der Waals surface area (Å²) in [5.41, 5.74) is 4.76. The van der Waals surface area contributed by atoms with Crippen molar-refractivity contribution >= 4 is 16.8 Å². The van der Waals surface area contributed by atoms with Crippen molar-refractivity contribution in [3.8, 4) is 28.7 Å². The van der Waals surface area contributed by atoms with Crippen molar-refractivity contribution in [2.45, 2.75) is 37.9 Å². The monoisotopic (exact) mass is 533 g/mol. The minimum Gasteiger partial charge on any atom is -0.480 e. The molecule has 0 spiro atoms. The molecule has 0 unspecified atom stereocenters. The fraction of sp³-hybridized carbons (Fsp3) is 0.296. The van der Waals surface area contributed by atoms with E-state index in [0.29, 0.717) is 70.9 Å². The van der Waals surface area contributed by atoms with Gasteiger partial charge in [0.2, 0.25) is 11.8 Å². The van der Waals surface area contributed by atoms with E-state index in [9.17, 15) is 13.2 Å². The second-order valence-corrected chi connectivity index (χ2v) is 9.67. The average molecular weight is 534 g/mol. The molecule has 1 saturated carbocycles. The Bertz CT molecular complexity index is 1720. The summed E-state index contributed by atoms with van der Waals surface area (Å²) in [6.07, 6.45) is 2.27. The van der Waals surface area contributed by atoms with Crippen LogP contribution in [0.5, 0.6) is 5.88 Å². The highest BCUT2D eigenvalue weighted by atomic mass is 19.4. The zero-order chi connectivity index (χ0) is 26.7. The highest BCUT2D eigenvalue weighted by Crippen LogP contribution is 2.46. The normalized spacial score (nSPS) is 15.0. The molecule has 0 amide bonds. The fourth-order valence-corrected chi connectivity index (χ4v) is 5.03. The number of benzene rings is 1. The second-order valence-electron chi connectivity index (χ2n) is 9.67. The predicted octanol–water partition coefficient (Wildman–Crippen LogP) is 5.46. The highest BCUT2D eigenvalue weighted by molar-refractivity contribution is 5.80. The van der Waals surface area contributed by atoms with Gasteiger partial charge in [-0.25, -0.2) is 19.9 Å². The van der Waals surface area contributed by atoms with Gasteiger partial charge in [0.1, 0.15) is 23.2 Å². The van der Waals surface area contributed by atoms with Crippen LogP contribution in [-0.2, 0) is 19.1 Å². The number of nitrogens with zero attached hydrogens (tertiary/aromatic N) is 6. The van der Waals surface area contributed by atoms with Gasteiger partial charge >= 0.3 is 6.18 Å². The number of nitrogens with one attached hydrogen (secondary N) is 1. The summed E-state index contributed by atoms with van der Waals surface area (Å²) in [5, 5.41) is 3.31. The molecule has 0 radical (unpaired) electrons. The number of anilines is 1. The van der Waals surface area contributed by atoms with Crippen molar-refractivity contribution in [1.29, 1.82) is 0 Å². The minimum absolute atomic E-state index is 0.291. The lowest BCUT2D eigenvalue weighted by atomic mass is 10.0. The quantitative estimate of drug-likeness (QED) is 0.318. The van der Waals surface area contributed by atoms with E-state index in [1.807, 2.05) is 12.1 Å². The van der Waals surface area contributed by atoms with Crippen molar-refractivity contribution in [3.05, 3.63) is 65.6 Å². The van der Waals surface area contributed by atoms with E-state index in [-0.39, 0.29) is 0 Å². The van der Waals surface area contributed by atoms with Crippen LogP contribution in [0.3, 0.4) is 0 Å². The number of fused-ring (bicyclic) bond motifs is 4. The first-order chi connectivity index (χ1) is 18.9. The molecule has 2 aliphatic rings. The first kappa shape index (κ1) is 23.6. The fourth-order valence-electron chi connectivity index (χ4n) is 5.03. The van der Waals surface area contributed by atoms with Crippen molar-refractivity contribution in [1.82, 2.24) is 29.5 Å². The van der Waals surface area contributed by atoms with Gasteiger partial charge in [0, 0.05) is 49.1 Å². The van der Waals surface area contributed by atoms with Crippen LogP contribution in [0.4, 0.5) is 18.9 Å². The maximum atomic E-state index is 13.3. The highest BCUT2D eigenvalue weighted by Gasteiger charge is 2.36. The van der Waals surface area contributed by atoms with Gasteiger partial charge in [0.15, 0.2) is 11.3 Å². The van der Waals surface area contributed by atoms with Crippen LogP contribution in [0.1, 0.15) is 41.4 Å². The topological polar surface area (TPSA) is 104 Å². The zero-order valence-electron chi connectivity index (χ0n) is 20.8. The molecule has 12 heteroatoms. The van der Waals surface area contributed by atoms with E-state index in [1.165, 1.54) is 10.9 Å². The van der Waals surface area contributed by atoms with E-state index in [0.717, 1.165) is 36.0 Å². The molecule has 39 heavy (non-hydrogen) atoms. The van der Waals surface area contributed by atoms with Gasteiger partial charge in [-0.3, -0.25) is 4.98 Å². The van der Waals surface area contributed by atoms with Crippen LogP contribution in [0.25, 0.3) is 33.9 Å². The Morgan fingerprint density at radius 1 is 1.13 bits per heavy atom. The summed E-state index contributed by atoms with van der Waals surface area (Å²) < 4.78 is 53.1. The van der Waals surface area contributed by atoms with Gasteiger partial charge in [-0.1, -0.05) is 6.07 Å². The van der Waals surface area contributed by atoms with E-state index in [4.69, 9.17) is 14.1 Å². The maximum absolute atomic E-state index is 13.3. The van der Waals surface area contributed by atoms with Crippen molar-refractivity contribution < 1.29 is 22.3 Å². The average Bonchev–Trinajstić information content (AvgIpc) is 3.57. The van der Waals surface area contributed by atoms with E-state index in [2.05, 4.69) is 25.3 Å². The minimum atomic E-state index is -4.50. The summed E-state index contributed by atoms with van der Waals surface area (Å²) in [5.74, 6) is 1.42. The number of alkyl halides is 3. The SMILES string of the molecule is COc1ncnc(C2CC2)c1-c1nc2ccnc(Cc3ccc4c(c3)NCCn3cc(C(F)(F)F)nc3-4)c2o1. The number of hydrogen-bond acceptors (Lipinski definition) is 8. The summed E-state index contributed by atoms with van der Waals surface area (Å²) in [6, 6.07) is 7.37. The number of imidazole rings is 1. The third-order valence-electron chi connectivity index (χ3n) is 7.02. The lowest BCUT2D eigenvalue weighted by molar-refractivity contribution is -0.140.